The molecule has 11 heavy (non-hydrogen) atoms. The molecule has 0 aromatic heterocycles. The standard InChI is InChI=1S/C9H15NO/c1-2-3-6-10-7-4-9(11)5-8-10/h2-3H,4-8H2,1H3/b3-2+. The van der Waals surface area contributed by atoms with Crippen LogP contribution in [0, 0.1) is 0 Å². The number of rotatable bonds is 2. The first kappa shape index (κ1) is 8.47. The molecule has 1 fully saturated rings. The van der Waals surface area contributed by atoms with Gasteiger partial charge in [0.2, 0.25) is 0 Å². The second kappa shape index (κ2) is 4.29. The summed E-state index contributed by atoms with van der Waals surface area (Å²) < 4.78 is 0. The molecule has 0 amide bonds. The SMILES string of the molecule is C/C=C/CN1CCC(=O)CC1. The maximum Gasteiger partial charge on any atom is 0.135 e. The summed E-state index contributed by atoms with van der Waals surface area (Å²) in [4.78, 5) is 13.1. The number of allylic oxidation sites excluding steroid dienone is 1. The minimum Gasteiger partial charge on any atom is -0.300 e. The quantitative estimate of drug-likeness (QED) is 0.556. The summed E-state index contributed by atoms with van der Waals surface area (Å²) >= 11 is 0. The van der Waals surface area contributed by atoms with E-state index in [9.17, 15) is 4.79 Å². The largest absolute Gasteiger partial charge is 0.300 e. The molecule has 0 radical (unpaired) electrons. The summed E-state index contributed by atoms with van der Waals surface area (Å²) in [7, 11) is 0. The summed E-state index contributed by atoms with van der Waals surface area (Å²) in [6, 6.07) is 0. The van der Waals surface area contributed by atoms with E-state index in [1.54, 1.807) is 0 Å². The third-order valence-corrected chi connectivity index (χ3v) is 2.01. The van der Waals surface area contributed by atoms with E-state index in [0.29, 0.717) is 5.78 Å². The predicted molar refractivity (Wildman–Crippen MR) is 45.5 cm³/mol. The van der Waals surface area contributed by atoms with Gasteiger partial charge in [-0.2, -0.15) is 0 Å². The highest BCUT2D eigenvalue weighted by Gasteiger charge is 2.13. The first-order valence-electron chi connectivity index (χ1n) is 4.18. The lowest BCUT2D eigenvalue weighted by Crippen LogP contribution is -2.33. The molecule has 0 bridgehead atoms. The van der Waals surface area contributed by atoms with Crippen LogP contribution in [0.5, 0.6) is 0 Å². The number of ketones is 1. The zero-order valence-corrected chi connectivity index (χ0v) is 7.05. The first-order chi connectivity index (χ1) is 5.33. The maximum atomic E-state index is 10.8. The molecule has 0 saturated carbocycles. The fourth-order valence-corrected chi connectivity index (χ4v) is 1.24. The van der Waals surface area contributed by atoms with Gasteiger partial charge in [0.15, 0.2) is 0 Å². The van der Waals surface area contributed by atoms with E-state index < -0.39 is 0 Å². The molecular weight excluding hydrogens is 138 g/mol. The van der Waals surface area contributed by atoms with Crippen molar-refractivity contribution in [3.63, 3.8) is 0 Å². The third-order valence-electron chi connectivity index (χ3n) is 2.01. The van der Waals surface area contributed by atoms with Gasteiger partial charge in [0.05, 0.1) is 0 Å². The Balaban J connectivity index is 2.22. The number of hydrogen-bond acceptors (Lipinski definition) is 2. The van der Waals surface area contributed by atoms with E-state index in [4.69, 9.17) is 0 Å². The lowest BCUT2D eigenvalue weighted by atomic mass is 10.1. The van der Waals surface area contributed by atoms with Gasteiger partial charge in [-0.1, -0.05) is 12.2 Å². The number of nitrogens with zero attached hydrogens (tertiary/aromatic N) is 1. The number of carbonyl (C=O) groups excluding carboxylic acids is 1. The van der Waals surface area contributed by atoms with Crippen molar-refractivity contribution in [3.8, 4) is 0 Å². The Hall–Kier alpha value is -0.630. The third kappa shape index (κ3) is 2.85. The molecule has 62 valence electrons. The molecular formula is C9H15NO. The fourth-order valence-electron chi connectivity index (χ4n) is 1.24. The topological polar surface area (TPSA) is 20.3 Å². The van der Waals surface area contributed by atoms with Crippen molar-refractivity contribution in [3.05, 3.63) is 12.2 Å². The van der Waals surface area contributed by atoms with Crippen LogP contribution in [0.15, 0.2) is 12.2 Å². The highest BCUT2D eigenvalue weighted by molar-refractivity contribution is 5.79. The molecule has 1 heterocycles. The van der Waals surface area contributed by atoms with Crippen LogP contribution in [0.25, 0.3) is 0 Å². The predicted octanol–water partition coefficient (Wildman–Crippen LogP) is 1.23. The monoisotopic (exact) mass is 153 g/mol. The van der Waals surface area contributed by atoms with Crippen LogP contribution in [0.1, 0.15) is 19.8 Å². The van der Waals surface area contributed by atoms with Gasteiger partial charge in [-0.3, -0.25) is 9.69 Å². The van der Waals surface area contributed by atoms with E-state index in [0.717, 1.165) is 32.5 Å². The minimum atomic E-state index is 0.418. The minimum absolute atomic E-state index is 0.418. The summed E-state index contributed by atoms with van der Waals surface area (Å²) in [6.45, 7) is 4.92. The van der Waals surface area contributed by atoms with Crippen LogP contribution in [0.2, 0.25) is 0 Å². The molecule has 1 aliphatic rings. The number of likely N-dealkylation sites (tertiary alicyclic amines) is 1. The Bertz CT molecular complexity index is 153. The average Bonchev–Trinajstić information content (AvgIpc) is 2.04. The van der Waals surface area contributed by atoms with E-state index in [-0.39, 0.29) is 0 Å². The highest BCUT2D eigenvalue weighted by Crippen LogP contribution is 2.04. The van der Waals surface area contributed by atoms with E-state index in [1.165, 1.54) is 0 Å². The van der Waals surface area contributed by atoms with Crippen LogP contribution in [0.4, 0.5) is 0 Å². The molecule has 0 aromatic rings. The zero-order chi connectivity index (χ0) is 8.10. The molecule has 1 saturated heterocycles. The van der Waals surface area contributed by atoms with Crippen molar-refractivity contribution in [1.29, 1.82) is 0 Å². The van der Waals surface area contributed by atoms with Gasteiger partial charge in [0, 0.05) is 32.5 Å². The van der Waals surface area contributed by atoms with Crippen molar-refractivity contribution < 1.29 is 4.79 Å². The average molecular weight is 153 g/mol. The van der Waals surface area contributed by atoms with Gasteiger partial charge in [0.1, 0.15) is 5.78 Å². The Kier molecular flexibility index (Phi) is 3.30. The van der Waals surface area contributed by atoms with Crippen molar-refractivity contribution in [2.45, 2.75) is 19.8 Å². The van der Waals surface area contributed by atoms with Gasteiger partial charge >= 0.3 is 0 Å². The van der Waals surface area contributed by atoms with Crippen molar-refractivity contribution >= 4 is 5.78 Å². The summed E-state index contributed by atoms with van der Waals surface area (Å²) in [5.74, 6) is 0.418. The van der Waals surface area contributed by atoms with Crippen LogP contribution < -0.4 is 0 Å². The molecule has 0 spiro atoms. The fraction of sp³-hybridized carbons (Fsp3) is 0.667. The summed E-state index contributed by atoms with van der Waals surface area (Å²) in [6.07, 6.45) is 5.68. The lowest BCUT2D eigenvalue weighted by Gasteiger charge is -2.23. The lowest BCUT2D eigenvalue weighted by molar-refractivity contribution is -0.121. The molecule has 0 N–H and O–H groups in total. The number of piperidine rings is 1. The number of hydrogen-bond donors (Lipinski definition) is 0. The maximum absolute atomic E-state index is 10.8. The summed E-state index contributed by atoms with van der Waals surface area (Å²) in [5.41, 5.74) is 0. The van der Waals surface area contributed by atoms with E-state index >= 15 is 0 Å². The molecule has 0 unspecified atom stereocenters. The number of Topliss-reactive ketones (excluding diaryl/α,β-unsaturated/α-hetero) is 1. The van der Waals surface area contributed by atoms with Gasteiger partial charge < -0.3 is 0 Å². The van der Waals surface area contributed by atoms with Gasteiger partial charge in [-0.15, -0.1) is 0 Å². The normalized spacial score (nSPS) is 21.4. The smallest absolute Gasteiger partial charge is 0.135 e. The number of carbonyl (C=O) groups is 1. The highest BCUT2D eigenvalue weighted by atomic mass is 16.1. The molecule has 2 heteroatoms. The van der Waals surface area contributed by atoms with Crippen LogP contribution >= 0.6 is 0 Å². The van der Waals surface area contributed by atoms with Gasteiger partial charge in [0.25, 0.3) is 0 Å². The Morgan fingerprint density at radius 2 is 2.09 bits per heavy atom. The second-order valence-corrected chi connectivity index (χ2v) is 2.91. The Morgan fingerprint density at radius 1 is 1.45 bits per heavy atom. The van der Waals surface area contributed by atoms with Gasteiger partial charge in [-0.05, 0) is 6.92 Å². The Morgan fingerprint density at radius 3 is 2.64 bits per heavy atom. The van der Waals surface area contributed by atoms with Gasteiger partial charge in [-0.25, -0.2) is 0 Å². The Labute approximate surface area is 67.9 Å². The summed E-state index contributed by atoms with van der Waals surface area (Å²) in [5, 5.41) is 0. The van der Waals surface area contributed by atoms with E-state index in [1.807, 2.05) is 6.92 Å². The van der Waals surface area contributed by atoms with Crippen LogP contribution in [-0.2, 0) is 4.79 Å². The molecule has 1 aliphatic heterocycles. The van der Waals surface area contributed by atoms with E-state index in [2.05, 4.69) is 17.1 Å². The molecule has 0 atom stereocenters. The van der Waals surface area contributed by atoms with Crippen molar-refractivity contribution in [2.75, 3.05) is 19.6 Å². The molecule has 2 nitrogen and oxygen atoms in total. The molecule has 1 rings (SSSR count). The van der Waals surface area contributed by atoms with Crippen LogP contribution in [0.3, 0.4) is 0 Å². The van der Waals surface area contributed by atoms with Crippen molar-refractivity contribution in [2.24, 2.45) is 0 Å². The van der Waals surface area contributed by atoms with Crippen molar-refractivity contribution in [1.82, 2.24) is 4.90 Å². The molecule has 0 aromatic carbocycles. The molecule has 0 aliphatic carbocycles. The van der Waals surface area contributed by atoms with Crippen LogP contribution in [-0.4, -0.2) is 30.3 Å². The second-order valence-electron chi connectivity index (χ2n) is 2.91. The zero-order valence-electron chi connectivity index (χ0n) is 7.05. The first-order valence-corrected chi connectivity index (χ1v) is 4.18.